The van der Waals surface area contributed by atoms with Crippen LogP contribution in [0.25, 0.3) is 10.6 Å². The number of non-ortho nitro benzene ring substituents is 1. The number of nitrogens with one attached hydrogen (secondary N) is 2. The highest BCUT2D eigenvalue weighted by Gasteiger charge is 2.28. The van der Waals surface area contributed by atoms with Crippen LogP contribution in [-0.4, -0.2) is 33.0 Å². The van der Waals surface area contributed by atoms with Gasteiger partial charge in [0.1, 0.15) is 11.0 Å². The van der Waals surface area contributed by atoms with Crippen LogP contribution in [0.15, 0.2) is 42.5 Å². The summed E-state index contributed by atoms with van der Waals surface area (Å²) in [4.78, 5) is 36.0. The lowest BCUT2D eigenvalue weighted by Crippen LogP contribution is -2.47. The molecule has 0 spiro atoms. The van der Waals surface area contributed by atoms with Crippen LogP contribution in [0.3, 0.4) is 0 Å². The number of nitro benzene ring substituents is 1. The molecule has 2 aromatic carbocycles. The number of halogens is 2. The Morgan fingerprint density at radius 1 is 1.18 bits per heavy atom. The largest absolute Gasteiger partial charge is 0.340 e. The summed E-state index contributed by atoms with van der Waals surface area (Å²) in [5.74, 6) is -1.30. The summed E-state index contributed by atoms with van der Waals surface area (Å²) in [6.07, 6.45) is 0.607. The van der Waals surface area contributed by atoms with Gasteiger partial charge in [0.2, 0.25) is 11.0 Å². The molecule has 0 aliphatic rings. The van der Waals surface area contributed by atoms with Crippen molar-refractivity contribution < 1.29 is 14.5 Å². The van der Waals surface area contributed by atoms with Gasteiger partial charge in [0.05, 0.1) is 15.5 Å². The predicted octanol–water partition coefficient (Wildman–Crippen LogP) is 5.20. The van der Waals surface area contributed by atoms with Crippen LogP contribution in [-0.2, 0) is 4.79 Å². The molecule has 2 atom stereocenters. The minimum Gasteiger partial charge on any atom is -0.340 e. The average Bonchev–Trinajstić information content (AvgIpc) is 3.25. The molecular weight excluding hydrogens is 489 g/mol. The van der Waals surface area contributed by atoms with Gasteiger partial charge in [-0.25, -0.2) is 0 Å². The molecular formula is C21H19Cl2N5O4S. The van der Waals surface area contributed by atoms with Crippen LogP contribution in [0.5, 0.6) is 0 Å². The van der Waals surface area contributed by atoms with Crippen LogP contribution in [0.2, 0.25) is 10.0 Å². The third kappa shape index (κ3) is 6.04. The van der Waals surface area contributed by atoms with Crippen molar-refractivity contribution in [2.45, 2.75) is 26.3 Å². The van der Waals surface area contributed by atoms with E-state index in [4.69, 9.17) is 23.2 Å². The zero-order chi connectivity index (χ0) is 24.1. The molecule has 0 bridgehead atoms. The van der Waals surface area contributed by atoms with Gasteiger partial charge in [0.15, 0.2) is 0 Å². The zero-order valence-electron chi connectivity index (χ0n) is 17.5. The molecule has 0 aliphatic carbocycles. The Bertz CT molecular complexity index is 1200. The minimum atomic E-state index is -0.896. The van der Waals surface area contributed by atoms with Crippen molar-refractivity contribution in [3.05, 3.63) is 68.2 Å². The lowest BCUT2D eigenvalue weighted by atomic mass is 9.98. The molecule has 1 heterocycles. The molecule has 2 amide bonds. The normalized spacial score (nSPS) is 12.6. The smallest absolute Gasteiger partial charge is 0.270 e. The van der Waals surface area contributed by atoms with Crippen molar-refractivity contribution in [1.82, 2.24) is 15.5 Å². The number of carbonyl (C=O) groups excluding carboxylic acids is 2. The van der Waals surface area contributed by atoms with Crippen LogP contribution in [0.1, 0.15) is 30.6 Å². The van der Waals surface area contributed by atoms with Crippen molar-refractivity contribution in [3.8, 4) is 10.6 Å². The van der Waals surface area contributed by atoms with E-state index in [0.717, 1.165) is 11.6 Å². The summed E-state index contributed by atoms with van der Waals surface area (Å²) in [5.41, 5.74) is 0.558. The first-order valence-electron chi connectivity index (χ1n) is 9.84. The van der Waals surface area contributed by atoms with Gasteiger partial charge in [-0.15, -0.1) is 10.2 Å². The molecule has 3 rings (SSSR count). The minimum absolute atomic E-state index is 0.0301. The van der Waals surface area contributed by atoms with Gasteiger partial charge < -0.3 is 5.32 Å². The summed E-state index contributed by atoms with van der Waals surface area (Å²) in [6, 6.07) is 9.72. The average molecular weight is 508 g/mol. The number of aromatic nitrogens is 2. The Labute approximate surface area is 203 Å². The number of anilines is 1. The van der Waals surface area contributed by atoms with Crippen LogP contribution in [0.4, 0.5) is 10.8 Å². The maximum absolute atomic E-state index is 13.0. The molecule has 172 valence electrons. The highest BCUT2D eigenvalue weighted by molar-refractivity contribution is 7.18. The summed E-state index contributed by atoms with van der Waals surface area (Å²) < 4.78 is 0. The van der Waals surface area contributed by atoms with Crippen molar-refractivity contribution in [1.29, 1.82) is 0 Å². The summed E-state index contributed by atoms with van der Waals surface area (Å²) in [7, 11) is 0. The standard InChI is InChI=1S/C21H19Cl2N5O4S/c1-3-11(2)17(24-18(29)15-8-7-14(28(31)32)10-16(15)23)19(30)25-21-27-26-20(33-21)12-5-4-6-13(22)9-12/h4-11,17H,3H2,1-2H3,(H,24,29)(H,25,27,30). The summed E-state index contributed by atoms with van der Waals surface area (Å²) in [5, 5.41) is 25.7. The molecule has 1 aromatic heterocycles. The quantitative estimate of drug-likeness (QED) is 0.318. The highest BCUT2D eigenvalue weighted by Crippen LogP contribution is 2.28. The Balaban J connectivity index is 1.76. The van der Waals surface area contributed by atoms with Crippen molar-refractivity contribution in [3.63, 3.8) is 0 Å². The van der Waals surface area contributed by atoms with E-state index in [9.17, 15) is 19.7 Å². The van der Waals surface area contributed by atoms with E-state index < -0.39 is 22.8 Å². The van der Waals surface area contributed by atoms with Gasteiger partial charge in [-0.2, -0.15) is 0 Å². The van der Waals surface area contributed by atoms with Gasteiger partial charge in [0, 0.05) is 22.7 Å². The lowest BCUT2D eigenvalue weighted by molar-refractivity contribution is -0.384. The number of carbonyl (C=O) groups is 2. The van der Waals surface area contributed by atoms with E-state index in [1.54, 1.807) is 18.2 Å². The number of hydrogen-bond acceptors (Lipinski definition) is 7. The monoisotopic (exact) mass is 507 g/mol. The first-order chi connectivity index (χ1) is 15.7. The number of rotatable bonds is 8. The van der Waals surface area contributed by atoms with E-state index in [1.165, 1.54) is 23.5 Å². The molecule has 9 nitrogen and oxygen atoms in total. The molecule has 2 unspecified atom stereocenters. The molecule has 0 saturated carbocycles. The number of hydrogen-bond donors (Lipinski definition) is 2. The van der Waals surface area contributed by atoms with Crippen molar-refractivity contribution >= 4 is 57.2 Å². The lowest BCUT2D eigenvalue weighted by Gasteiger charge is -2.23. The number of nitrogens with zero attached hydrogens (tertiary/aromatic N) is 3. The van der Waals surface area contributed by atoms with Gasteiger partial charge in [-0.05, 0) is 24.1 Å². The Morgan fingerprint density at radius 2 is 1.94 bits per heavy atom. The van der Waals surface area contributed by atoms with E-state index in [-0.39, 0.29) is 27.3 Å². The first-order valence-corrected chi connectivity index (χ1v) is 11.4. The van der Waals surface area contributed by atoms with E-state index in [1.807, 2.05) is 19.9 Å². The Morgan fingerprint density at radius 3 is 2.58 bits per heavy atom. The van der Waals surface area contributed by atoms with Gasteiger partial charge in [-0.3, -0.25) is 25.0 Å². The molecule has 2 N–H and O–H groups in total. The number of nitro groups is 1. The van der Waals surface area contributed by atoms with E-state index in [0.29, 0.717) is 16.5 Å². The third-order valence-electron chi connectivity index (χ3n) is 4.92. The van der Waals surface area contributed by atoms with E-state index >= 15 is 0 Å². The predicted molar refractivity (Wildman–Crippen MR) is 128 cm³/mol. The summed E-state index contributed by atoms with van der Waals surface area (Å²) >= 11 is 13.2. The third-order valence-corrected chi connectivity index (χ3v) is 6.35. The van der Waals surface area contributed by atoms with Crippen LogP contribution in [0, 0.1) is 16.0 Å². The SMILES string of the molecule is CCC(C)C(NC(=O)c1ccc([N+](=O)[O-])cc1Cl)C(=O)Nc1nnc(-c2cccc(Cl)c2)s1. The van der Waals surface area contributed by atoms with Crippen molar-refractivity contribution in [2.24, 2.45) is 5.92 Å². The van der Waals surface area contributed by atoms with E-state index in [2.05, 4.69) is 20.8 Å². The van der Waals surface area contributed by atoms with Crippen LogP contribution >= 0.6 is 34.5 Å². The first kappa shape index (κ1) is 24.6. The molecule has 12 heteroatoms. The second-order valence-electron chi connectivity index (χ2n) is 7.17. The van der Waals surface area contributed by atoms with Gasteiger partial charge in [0.25, 0.3) is 11.6 Å². The zero-order valence-corrected chi connectivity index (χ0v) is 19.9. The maximum Gasteiger partial charge on any atom is 0.270 e. The van der Waals surface area contributed by atoms with Gasteiger partial charge >= 0.3 is 0 Å². The number of amides is 2. The van der Waals surface area contributed by atoms with Gasteiger partial charge in [-0.1, -0.05) is 66.9 Å². The fourth-order valence-electron chi connectivity index (χ4n) is 2.92. The topological polar surface area (TPSA) is 127 Å². The molecule has 0 radical (unpaired) electrons. The fraction of sp³-hybridized carbons (Fsp3) is 0.238. The molecule has 3 aromatic rings. The molecule has 0 aliphatic heterocycles. The Hall–Kier alpha value is -3.08. The Kier molecular flexibility index (Phi) is 7.96. The second-order valence-corrected chi connectivity index (χ2v) is 8.99. The van der Waals surface area contributed by atoms with Crippen LogP contribution < -0.4 is 10.6 Å². The molecule has 33 heavy (non-hydrogen) atoms. The number of benzene rings is 2. The maximum atomic E-state index is 13.0. The summed E-state index contributed by atoms with van der Waals surface area (Å²) in [6.45, 7) is 3.71. The highest BCUT2D eigenvalue weighted by atomic mass is 35.5. The molecule has 0 fully saturated rings. The fourth-order valence-corrected chi connectivity index (χ4v) is 4.11. The molecule has 0 saturated heterocycles. The van der Waals surface area contributed by atoms with Crippen molar-refractivity contribution in [2.75, 3.05) is 5.32 Å². The second kappa shape index (κ2) is 10.7.